The molecule has 0 aromatic heterocycles. The van der Waals surface area contributed by atoms with Gasteiger partial charge in [0.25, 0.3) is 0 Å². The van der Waals surface area contributed by atoms with Gasteiger partial charge in [-0.3, -0.25) is 19.2 Å². The predicted octanol–water partition coefficient (Wildman–Crippen LogP) is 4.14. The van der Waals surface area contributed by atoms with Gasteiger partial charge in [-0.05, 0) is 67.9 Å². The lowest BCUT2D eigenvalue weighted by atomic mass is 9.81. The van der Waals surface area contributed by atoms with Crippen LogP contribution in [0.1, 0.15) is 31.2 Å². The number of benzene rings is 2. The van der Waals surface area contributed by atoms with Crippen LogP contribution in [0.25, 0.3) is 0 Å². The average Bonchev–Trinajstić information content (AvgIpc) is 3.59. The molecule has 0 radical (unpaired) electrons. The fourth-order valence-corrected chi connectivity index (χ4v) is 6.71. The topological polar surface area (TPSA) is 84.0 Å². The van der Waals surface area contributed by atoms with Crippen molar-refractivity contribution in [3.8, 4) is 5.75 Å². The smallest absolute Gasteiger partial charge is 0.316 e. The molecule has 3 amide bonds. The second-order valence-electron chi connectivity index (χ2n) is 10.1. The zero-order valence-corrected chi connectivity index (χ0v) is 20.0. The van der Waals surface area contributed by atoms with Gasteiger partial charge in [-0.2, -0.15) is 0 Å². The van der Waals surface area contributed by atoms with Gasteiger partial charge in [-0.25, -0.2) is 4.90 Å². The van der Waals surface area contributed by atoms with Crippen LogP contribution in [0.4, 0.5) is 11.4 Å². The Morgan fingerprint density at radius 2 is 1.69 bits per heavy atom. The van der Waals surface area contributed by atoms with Gasteiger partial charge in [0.05, 0.1) is 23.4 Å². The number of amides is 3. The van der Waals surface area contributed by atoms with Gasteiger partial charge in [0.15, 0.2) is 0 Å². The second kappa shape index (κ2) is 8.19. The third-order valence-corrected chi connectivity index (χ3v) is 8.62. The standard InChI is InChI=1S/C27H25ClN2O5/c1-14-20(28)6-3-7-21(14)29-13-17(11-22(29)31)27(34)35-19-5-2-4-18(12-19)30-25(32)23-15-8-9-16(10-15)24(23)26(30)33/h2-7,12,15-17,23-24H,8-11,13H2,1H3/t15-,16-,17+,23+,24+/m0/s1. The largest absolute Gasteiger partial charge is 0.426 e. The van der Waals surface area contributed by atoms with Crippen LogP contribution in [0, 0.1) is 36.5 Å². The van der Waals surface area contributed by atoms with E-state index < -0.39 is 11.9 Å². The van der Waals surface area contributed by atoms with E-state index in [4.69, 9.17) is 16.3 Å². The van der Waals surface area contributed by atoms with Crippen molar-refractivity contribution < 1.29 is 23.9 Å². The van der Waals surface area contributed by atoms with Crippen molar-refractivity contribution in [1.29, 1.82) is 0 Å². The summed E-state index contributed by atoms with van der Waals surface area (Å²) in [5, 5.41) is 0.557. The normalized spacial score (nSPS) is 29.3. The van der Waals surface area contributed by atoms with Gasteiger partial charge in [0, 0.05) is 29.7 Å². The Bertz CT molecular complexity index is 1250. The van der Waals surface area contributed by atoms with Crippen molar-refractivity contribution in [2.45, 2.75) is 32.6 Å². The molecule has 0 spiro atoms. The maximum Gasteiger partial charge on any atom is 0.316 e. The van der Waals surface area contributed by atoms with Crippen molar-refractivity contribution in [3.05, 3.63) is 53.1 Å². The lowest BCUT2D eigenvalue weighted by Crippen LogP contribution is -2.32. The summed E-state index contributed by atoms with van der Waals surface area (Å²) >= 11 is 6.20. The van der Waals surface area contributed by atoms with E-state index in [0.29, 0.717) is 28.2 Å². The number of ether oxygens (including phenoxy) is 1. The monoisotopic (exact) mass is 492 g/mol. The lowest BCUT2D eigenvalue weighted by molar-refractivity contribution is -0.139. The van der Waals surface area contributed by atoms with E-state index in [1.165, 1.54) is 4.90 Å². The number of carbonyl (C=O) groups is 4. The van der Waals surface area contributed by atoms with E-state index in [1.807, 2.05) is 13.0 Å². The zero-order valence-electron chi connectivity index (χ0n) is 19.3. The second-order valence-corrected chi connectivity index (χ2v) is 10.5. The minimum absolute atomic E-state index is 0.0414. The van der Waals surface area contributed by atoms with Gasteiger partial charge in [0.1, 0.15) is 5.75 Å². The highest BCUT2D eigenvalue weighted by molar-refractivity contribution is 6.31. The Labute approximate surface area is 208 Å². The van der Waals surface area contributed by atoms with Crippen molar-refractivity contribution in [1.82, 2.24) is 0 Å². The average molecular weight is 493 g/mol. The molecule has 2 heterocycles. The molecule has 2 aliphatic heterocycles. The Morgan fingerprint density at radius 3 is 2.40 bits per heavy atom. The first-order chi connectivity index (χ1) is 16.8. The summed E-state index contributed by atoms with van der Waals surface area (Å²) in [5.41, 5.74) is 1.89. The number of hydrogen-bond donors (Lipinski definition) is 0. The van der Waals surface area contributed by atoms with Crippen LogP contribution in [0.2, 0.25) is 5.02 Å². The number of imide groups is 1. The molecule has 2 saturated carbocycles. The number of fused-ring (bicyclic) bond motifs is 5. The van der Waals surface area contributed by atoms with Gasteiger partial charge < -0.3 is 9.64 Å². The lowest BCUT2D eigenvalue weighted by Gasteiger charge is -2.20. The van der Waals surface area contributed by atoms with Crippen LogP contribution < -0.4 is 14.5 Å². The summed E-state index contributed by atoms with van der Waals surface area (Å²) in [6.07, 6.45) is 3.05. The van der Waals surface area contributed by atoms with Crippen LogP contribution in [0.3, 0.4) is 0 Å². The number of anilines is 2. The van der Waals surface area contributed by atoms with Crippen molar-refractivity contribution in [2.24, 2.45) is 29.6 Å². The van der Waals surface area contributed by atoms with Crippen LogP contribution >= 0.6 is 11.6 Å². The molecule has 0 N–H and O–H groups in total. The summed E-state index contributed by atoms with van der Waals surface area (Å²) in [6.45, 7) is 2.04. The molecule has 2 saturated heterocycles. The Hall–Kier alpha value is -3.19. The Kier molecular flexibility index (Phi) is 5.22. The molecule has 35 heavy (non-hydrogen) atoms. The first-order valence-electron chi connectivity index (χ1n) is 12.1. The summed E-state index contributed by atoms with van der Waals surface area (Å²) in [4.78, 5) is 54.7. The number of rotatable bonds is 4. The highest BCUT2D eigenvalue weighted by Gasteiger charge is 2.61. The zero-order chi connectivity index (χ0) is 24.4. The van der Waals surface area contributed by atoms with Gasteiger partial charge in [-0.1, -0.05) is 23.7 Å². The molecule has 2 aromatic carbocycles. The molecule has 5 atom stereocenters. The fraction of sp³-hybridized carbons (Fsp3) is 0.407. The number of carbonyl (C=O) groups excluding carboxylic acids is 4. The first-order valence-corrected chi connectivity index (χ1v) is 12.5. The van der Waals surface area contributed by atoms with Crippen molar-refractivity contribution >= 4 is 46.7 Å². The number of esters is 1. The highest BCUT2D eigenvalue weighted by Crippen LogP contribution is 2.56. The summed E-state index contributed by atoms with van der Waals surface area (Å²) in [6, 6.07) is 11.9. The Balaban J connectivity index is 1.17. The van der Waals surface area contributed by atoms with Crippen molar-refractivity contribution in [3.63, 3.8) is 0 Å². The Morgan fingerprint density at radius 1 is 1.00 bits per heavy atom. The predicted molar refractivity (Wildman–Crippen MR) is 129 cm³/mol. The molecule has 0 unspecified atom stereocenters. The van der Waals surface area contributed by atoms with E-state index in [1.54, 1.807) is 41.3 Å². The van der Waals surface area contributed by atoms with E-state index in [-0.39, 0.29) is 48.3 Å². The molecule has 4 fully saturated rings. The minimum Gasteiger partial charge on any atom is -0.426 e. The third kappa shape index (κ3) is 3.47. The fourth-order valence-electron chi connectivity index (χ4n) is 6.54. The molecule has 4 aliphatic rings. The van der Waals surface area contributed by atoms with Gasteiger partial charge in [0.2, 0.25) is 17.7 Å². The van der Waals surface area contributed by atoms with Crippen molar-refractivity contribution in [2.75, 3.05) is 16.3 Å². The molecule has 2 aliphatic carbocycles. The minimum atomic E-state index is -0.630. The SMILES string of the molecule is Cc1c(Cl)cccc1N1C[C@H](C(=O)Oc2cccc(N3C(=O)[C@@H]4[C@H]5CC[C@@H](C5)[C@H]4C3=O)c2)CC1=O. The maximum absolute atomic E-state index is 13.1. The van der Waals surface area contributed by atoms with E-state index in [0.717, 1.165) is 24.8 Å². The summed E-state index contributed by atoms with van der Waals surface area (Å²) in [5.74, 6) is -1.15. The number of nitrogens with zero attached hydrogens (tertiary/aromatic N) is 2. The van der Waals surface area contributed by atoms with Crippen LogP contribution in [0.5, 0.6) is 5.75 Å². The van der Waals surface area contributed by atoms with Gasteiger partial charge >= 0.3 is 5.97 Å². The van der Waals surface area contributed by atoms with Crippen LogP contribution in [0.15, 0.2) is 42.5 Å². The van der Waals surface area contributed by atoms with E-state index >= 15 is 0 Å². The van der Waals surface area contributed by atoms with Crippen LogP contribution in [-0.2, 0) is 19.2 Å². The summed E-state index contributed by atoms with van der Waals surface area (Å²) in [7, 11) is 0. The van der Waals surface area contributed by atoms with E-state index in [9.17, 15) is 19.2 Å². The molecule has 7 nitrogen and oxygen atoms in total. The highest BCUT2D eigenvalue weighted by atomic mass is 35.5. The molecule has 6 rings (SSSR count). The quantitative estimate of drug-likeness (QED) is 0.364. The number of hydrogen-bond acceptors (Lipinski definition) is 5. The number of halogens is 1. The molecule has 2 aromatic rings. The molecule has 2 bridgehead atoms. The van der Waals surface area contributed by atoms with Gasteiger partial charge in [-0.15, -0.1) is 0 Å². The molecule has 180 valence electrons. The third-order valence-electron chi connectivity index (χ3n) is 8.21. The van der Waals surface area contributed by atoms with Crippen LogP contribution in [-0.4, -0.2) is 30.2 Å². The molecule has 8 heteroatoms. The first kappa shape index (κ1) is 22.3. The molecular formula is C27H25ClN2O5. The summed E-state index contributed by atoms with van der Waals surface area (Å²) < 4.78 is 5.61. The van der Waals surface area contributed by atoms with E-state index in [2.05, 4.69) is 0 Å². The maximum atomic E-state index is 13.1. The molecular weight excluding hydrogens is 468 g/mol.